The van der Waals surface area contributed by atoms with Crippen LogP contribution in [0.3, 0.4) is 0 Å². The van der Waals surface area contributed by atoms with Crippen LogP contribution in [0, 0.1) is 18.7 Å². The van der Waals surface area contributed by atoms with E-state index in [1.54, 1.807) is 14.2 Å². The molecule has 0 aliphatic carbocycles. The Morgan fingerprint density at radius 1 is 0.667 bits per heavy atom. The first-order valence-corrected chi connectivity index (χ1v) is 12.1. The van der Waals surface area contributed by atoms with Gasteiger partial charge in [-0.3, -0.25) is 0 Å². The summed E-state index contributed by atoms with van der Waals surface area (Å²) in [6, 6.07) is 15.6. The quantitative estimate of drug-likeness (QED) is 0.504. The van der Waals surface area contributed by atoms with E-state index in [0.717, 1.165) is 22.6 Å². The molecule has 0 saturated heterocycles. The molecule has 0 saturated carbocycles. The molecular weight excluding hydrogens is 449 g/mol. The molecule has 0 unspecified atom stereocenters. The van der Waals surface area contributed by atoms with Crippen LogP contribution in [0.5, 0.6) is 11.5 Å². The van der Waals surface area contributed by atoms with E-state index in [0.29, 0.717) is 0 Å². The molecule has 0 atom stereocenters. The van der Waals surface area contributed by atoms with Crippen molar-refractivity contribution in [3.8, 4) is 30.2 Å². The Hall–Kier alpha value is -1.90. The SMILES string of the molecule is COc1ccc(C#[C][Hg][C]#Cc2ccc(OC)cc2)cc1. The van der Waals surface area contributed by atoms with Crippen LogP contribution >= 0.6 is 0 Å². The molecule has 0 fully saturated rings. The Balaban J connectivity index is 1.92. The van der Waals surface area contributed by atoms with Crippen LogP contribution in [0.15, 0.2) is 48.5 Å². The van der Waals surface area contributed by atoms with Crippen molar-refractivity contribution in [3.05, 3.63) is 59.7 Å². The second-order valence-corrected chi connectivity index (χ2v) is 8.36. The maximum atomic E-state index is 5.11. The molecule has 0 aliphatic rings. The van der Waals surface area contributed by atoms with E-state index in [4.69, 9.17) is 9.47 Å². The van der Waals surface area contributed by atoms with Gasteiger partial charge in [0.25, 0.3) is 0 Å². The summed E-state index contributed by atoms with van der Waals surface area (Å²) in [4.78, 5) is 0. The minimum absolute atomic E-state index is 0.851. The molecule has 0 bridgehead atoms. The molecule has 21 heavy (non-hydrogen) atoms. The van der Waals surface area contributed by atoms with Crippen LogP contribution in [0.1, 0.15) is 11.1 Å². The molecule has 2 aromatic rings. The maximum absolute atomic E-state index is 5.11. The van der Waals surface area contributed by atoms with E-state index in [-0.39, 0.29) is 0 Å². The topological polar surface area (TPSA) is 18.5 Å². The Bertz CT molecular complexity index is 632. The summed E-state index contributed by atoms with van der Waals surface area (Å²) in [5, 5.41) is 0. The Kier molecular flexibility index (Phi) is 6.19. The van der Waals surface area contributed by atoms with E-state index >= 15 is 0 Å². The molecule has 0 radical (unpaired) electrons. The third-order valence-corrected chi connectivity index (χ3v) is 5.57. The second-order valence-electron chi connectivity index (χ2n) is 4.24. The molecule has 0 aliphatic heterocycles. The van der Waals surface area contributed by atoms with Gasteiger partial charge in [0.05, 0.1) is 0 Å². The first-order chi connectivity index (χ1) is 10.3. The summed E-state index contributed by atoms with van der Waals surface area (Å²) in [5.74, 6) is 8.05. The van der Waals surface area contributed by atoms with Gasteiger partial charge in [0.1, 0.15) is 0 Å². The van der Waals surface area contributed by atoms with Gasteiger partial charge < -0.3 is 0 Å². The number of hydrogen-bond acceptors (Lipinski definition) is 2. The summed E-state index contributed by atoms with van der Waals surface area (Å²) in [6.07, 6.45) is 0. The predicted octanol–water partition coefficient (Wildman–Crippen LogP) is 3.10. The molecule has 0 aromatic heterocycles. The van der Waals surface area contributed by atoms with Crippen LogP contribution in [0.25, 0.3) is 0 Å². The van der Waals surface area contributed by atoms with Gasteiger partial charge in [0.2, 0.25) is 0 Å². The van der Waals surface area contributed by atoms with Crippen LogP contribution < -0.4 is 9.47 Å². The minimum atomic E-state index is -1.43. The summed E-state index contributed by atoms with van der Waals surface area (Å²) in [7, 11) is 3.32. The zero-order valence-electron chi connectivity index (χ0n) is 12.1. The van der Waals surface area contributed by atoms with E-state index in [1.807, 2.05) is 48.5 Å². The summed E-state index contributed by atoms with van der Waals surface area (Å²) in [6.45, 7) is 0. The summed E-state index contributed by atoms with van der Waals surface area (Å²) < 4.78 is 16.8. The van der Waals surface area contributed by atoms with E-state index in [9.17, 15) is 0 Å². The second kappa shape index (κ2) is 8.40. The third-order valence-electron chi connectivity index (χ3n) is 2.82. The Labute approximate surface area is 137 Å². The van der Waals surface area contributed by atoms with Crippen LogP contribution in [-0.2, 0) is 24.6 Å². The van der Waals surface area contributed by atoms with Gasteiger partial charge in [-0.15, -0.1) is 0 Å². The summed E-state index contributed by atoms with van der Waals surface area (Å²) >= 11 is -1.43. The fourth-order valence-corrected chi connectivity index (χ4v) is 4.30. The fourth-order valence-electron chi connectivity index (χ4n) is 1.69. The molecular formula is C18H14HgO2. The Morgan fingerprint density at radius 2 is 1.05 bits per heavy atom. The van der Waals surface area contributed by atoms with Gasteiger partial charge in [0, 0.05) is 0 Å². The van der Waals surface area contributed by atoms with Crippen LogP contribution in [0.4, 0.5) is 0 Å². The van der Waals surface area contributed by atoms with Gasteiger partial charge in [-0.1, -0.05) is 0 Å². The molecule has 3 heteroatoms. The number of benzene rings is 2. The first-order valence-electron chi connectivity index (χ1n) is 6.57. The third kappa shape index (κ3) is 5.18. The van der Waals surface area contributed by atoms with Crippen molar-refractivity contribution in [3.63, 3.8) is 0 Å². The van der Waals surface area contributed by atoms with Crippen molar-refractivity contribution in [2.24, 2.45) is 0 Å². The van der Waals surface area contributed by atoms with Crippen molar-refractivity contribution in [2.75, 3.05) is 14.2 Å². The van der Waals surface area contributed by atoms with Crippen molar-refractivity contribution >= 4 is 0 Å². The van der Waals surface area contributed by atoms with Crippen molar-refractivity contribution in [1.29, 1.82) is 0 Å². The van der Waals surface area contributed by atoms with Gasteiger partial charge in [0.15, 0.2) is 0 Å². The standard InChI is InChI=1S/2C9H7O.Hg/c2*1-3-8-4-6-9(10-2)7-5-8;/h2*4-7H,2H3;. The fraction of sp³-hybridized carbons (Fsp3) is 0.111. The van der Waals surface area contributed by atoms with Crippen molar-refractivity contribution in [2.45, 2.75) is 0 Å². The predicted molar refractivity (Wildman–Crippen MR) is 79.7 cm³/mol. The molecule has 0 amide bonds. The van der Waals surface area contributed by atoms with E-state index in [2.05, 4.69) is 18.7 Å². The number of ether oxygens (including phenoxy) is 2. The van der Waals surface area contributed by atoms with Gasteiger partial charge in [-0.05, 0) is 0 Å². The van der Waals surface area contributed by atoms with Crippen molar-refractivity contribution < 1.29 is 34.0 Å². The van der Waals surface area contributed by atoms with Gasteiger partial charge >= 0.3 is 138 Å². The number of rotatable bonds is 2. The van der Waals surface area contributed by atoms with Gasteiger partial charge in [-0.2, -0.15) is 0 Å². The molecule has 0 N–H and O–H groups in total. The van der Waals surface area contributed by atoms with Crippen LogP contribution in [0.2, 0.25) is 0 Å². The Morgan fingerprint density at radius 3 is 1.38 bits per heavy atom. The van der Waals surface area contributed by atoms with Crippen LogP contribution in [-0.4, -0.2) is 14.2 Å². The van der Waals surface area contributed by atoms with Gasteiger partial charge in [-0.25, -0.2) is 0 Å². The molecule has 2 rings (SSSR count). The van der Waals surface area contributed by atoms with E-state index < -0.39 is 24.6 Å². The average molecular weight is 463 g/mol. The molecule has 0 heterocycles. The van der Waals surface area contributed by atoms with Crippen molar-refractivity contribution in [1.82, 2.24) is 0 Å². The molecule has 0 spiro atoms. The number of hydrogen-bond donors (Lipinski definition) is 0. The normalized spacial score (nSPS) is 8.48. The number of methoxy groups -OCH3 is 2. The average Bonchev–Trinajstić information content (AvgIpc) is 2.55. The molecule has 2 nitrogen and oxygen atoms in total. The summed E-state index contributed by atoms with van der Waals surface area (Å²) in [5.41, 5.74) is 2.03. The van der Waals surface area contributed by atoms with E-state index in [1.165, 1.54) is 0 Å². The zero-order chi connectivity index (χ0) is 14.9. The molecule has 2 aromatic carbocycles. The zero-order valence-corrected chi connectivity index (χ0v) is 17.6. The molecule has 100 valence electrons. The first kappa shape index (κ1) is 15.5. The monoisotopic (exact) mass is 464 g/mol.